The fraction of sp³-hybridized carbons (Fsp3) is 0.667. The maximum atomic E-state index is 12.9. The van der Waals surface area contributed by atoms with E-state index in [1.54, 1.807) is 0 Å². The van der Waals surface area contributed by atoms with Crippen LogP contribution in [0, 0.1) is 12.3 Å². The van der Waals surface area contributed by atoms with Gasteiger partial charge in [0.2, 0.25) is 5.91 Å². The van der Waals surface area contributed by atoms with Crippen molar-refractivity contribution in [1.29, 1.82) is 0 Å². The topological polar surface area (TPSA) is 70.8 Å². The van der Waals surface area contributed by atoms with Crippen LogP contribution in [0.1, 0.15) is 68.9 Å². The number of nitrogens with zero attached hydrogens (tertiary/aromatic N) is 1. The summed E-state index contributed by atoms with van der Waals surface area (Å²) in [6.07, 6.45) is 6.29. The first-order chi connectivity index (χ1) is 11.0. The minimum absolute atomic E-state index is 0.0342. The van der Waals surface area contributed by atoms with Gasteiger partial charge in [0.1, 0.15) is 11.5 Å². The molecule has 1 aliphatic carbocycles. The molecular formula is C18H25NO4. The van der Waals surface area contributed by atoms with E-state index in [1.807, 2.05) is 24.0 Å². The molecule has 0 aromatic carbocycles. The number of rotatable bonds is 4. The number of carboxylic acids is 1. The van der Waals surface area contributed by atoms with E-state index in [-0.39, 0.29) is 18.4 Å². The van der Waals surface area contributed by atoms with Gasteiger partial charge in [-0.2, -0.15) is 0 Å². The summed E-state index contributed by atoms with van der Waals surface area (Å²) in [4.78, 5) is 26.3. The second-order valence-electron chi connectivity index (χ2n) is 7.02. The first kappa shape index (κ1) is 16.1. The van der Waals surface area contributed by atoms with E-state index < -0.39 is 11.4 Å². The number of hydrogen-bond acceptors (Lipinski definition) is 3. The molecule has 3 rings (SSSR count). The standard InChI is InChI=1S/C18H25NO4/c1-13-7-8-15(23-13)14-6-3-2-4-11-19(14)16(20)12-18(17(21)22)9-5-10-18/h7-8,14H,2-6,9-12H2,1H3,(H,21,22). The van der Waals surface area contributed by atoms with Gasteiger partial charge >= 0.3 is 5.97 Å². The molecule has 1 atom stereocenters. The zero-order valence-electron chi connectivity index (χ0n) is 13.7. The maximum Gasteiger partial charge on any atom is 0.310 e. The summed E-state index contributed by atoms with van der Waals surface area (Å²) in [7, 11) is 0. The van der Waals surface area contributed by atoms with E-state index in [1.165, 1.54) is 0 Å². The van der Waals surface area contributed by atoms with Gasteiger partial charge in [0, 0.05) is 13.0 Å². The summed E-state index contributed by atoms with van der Waals surface area (Å²) in [5.41, 5.74) is -0.826. The summed E-state index contributed by atoms with van der Waals surface area (Å²) < 4.78 is 5.77. The van der Waals surface area contributed by atoms with Crippen LogP contribution in [0.25, 0.3) is 0 Å². The van der Waals surface area contributed by atoms with Crippen molar-refractivity contribution < 1.29 is 19.1 Å². The number of carbonyl (C=O) groups is 2. The minimum atomic E-state index is -0.826. The lowest BCUT2D eigenvalue weighted by atomic mass is 9.66. The first-order valence-corrected chi connectivity index (χ1v) is 8.61. The number of carboxylic acid groups (broad SMARTS) is 1. The van der Waals surface area contributed by atoms with Crippen molar-refractivity contribution in [2.45, 2.75) is 64.3 Å². The highest BCUT2D eigenvalue weighted by molar-refractivity contribution is 5.86. The Morgan fingerprint density at radius 2 is 2.04 bits per heavy atom. The van der Waals surface area contributed by atoms with Crippen molar-refractivity contribution in [2.24, 2.45) is 5.41 Å². The number of likely N-dealkylation sites (tertiary alicyclic amines) is 1. The summed E-state index contributed by atoms with van der Waals surface area (Å²) in [5, 5.41) is 9.48. The lowest BCUT2D eigenvalue weighted by molar-refractivity contribution is -0.160. The smallest absolute Gasteiger partial charge is 0.310 e. The average Bonchev–Trinajstić information content (AvgIpc) is 2.75. The summed E-state index contributed by atoms with van der Waals surface area (Å²) in [6, 6.07) is 3.82. The van der Waals surface area contributed by atoms with Crippen LogP contribution in [0.3, 0.4) is 0 Å². The monoisotopic (exact) mass is 319 g/mol. The zero-order valence-corrected chi connectivity index (χ0v) is 13.7. The van der Waals surface area contributed by atoms with Gasteiger partial charge in [-0.1, -0.05) is 19.3 Å². The molecule has 5 heteroatoms. The molecule has 2 heterocycles. The van der Waals surface area contributed by atoms with Crippen LogP contribution in [-0.4, -0.2) is 28.4 Å². The third-order valence-corrected chi connectivity index (χ3v) is 5.42. The molecule has 1 N–H and O–H groups in total. The van der Waals surface area contributed by atoms with E-state index in [0.717, 1.165) is 43.6 Å². The molecule has 1 saturated carbocycles. The van der Waals surface area contributed by atoms with E-state index >= 15 is 0 Å². The van der Waals surface area contributed by atoms with Crippen LogP contribution >= 0.6 is 0 Å². The SMILES string of the molecule is Cc1ccc(C2CCCCCN2C(=O)CC2(C(=O)O)CCC2)o1. The highest BCUT2D eigenvalue weighted by atomic mass is 16.4. The van der Waals surface area contributed by atoms with Gasteiger partial charge in [-0.25, -0.2) is 0 Å². The van der Waals surface area contributed by atoms with E-state index in [2.05, 4.69) is 0 Å². The number of carbonyl (C=O) groups excluding carboxylic acids is 1. The highest BCUT2D eigenvalue weighted by Crippen LogP contribution is 2.45. The molecule has 0 spiro atoms. The molecule has 23 heavy (non-hydrogen) atoms. The average molecular weight is 319 g/mol. The third-order valence-electron chi connectivity index (χ3n) is 5.42. The molecule has 5 nitrogen and oxygen atoms in total. The first-order valence-electron chi connectivity index (χ1n) is 8.61. The Balaban J connectivity index is 1.79. The number of furan rings is 1. The third kappa shape index (κ3) is 3.14. The molecule has 1 aliphatic heterocycles. The second-order valence-corrected chi connectivity index (χ2v) is 7.02. The Kier molecular flexibility index (Phi) is 4.46. The molecule has 126 valence electrons. The van der Waals surface area contributed by atoms with Gasteiger partial charge in [-0.05, 0) is 44.7 Å². The van der Waals surface area contributed by atoms with Crippen molar-refractivity contribution in [1.82, 2.24) is 4.90 Å². The Bertz CT molecular complexity index is 588. The van der Waals surface area contributed by atoms with Crippen molar-refractivity contribution in [2.75, 3.05) is 6.54 Å². The molecule has 0 bridgehead atoms. The van der Waals surface area contributed by atoms with E-state index in [0.29, 0.717) is 19.4 Å². The van der Waals surface area contributed by atoms with Crippen molar-refractivity contribution in [3.05, 3.63) is 23.7 Å². The maximum absolute atomic E-state index is 12.9. The molecule has 1 unspecified atom stereocenters. The molecule has 1 saturated heterocycles. The highest BCUT2D eigenvalue weighted by Gasteiger charge is 2.47. The molecule has 0 radical (unpaired) electrons. The number of amides is 1. The Labute approximate surface area is 136 Å². The van der Waals surface area contributed by atoms with Crippen LogP contribution in [0.2, 0.25) is 0 Å². The van der Waals surface area contributed by atoms with Crippen LogP contribution in [0.4, 0.5) is 0 Å². The van der Waals surface area contributed by atoms with Crippen molar-refractivity contribution >= 4 is 11.9 Å². The largest absolute Gasteiger partial charge is 0.481 e. The fourth-order valence-electron chi connectivity index (χ4n) is 3.80. The van der Waals surface area contributed by atoms with Crippen LogP contribution in [-0.2, 0) is 9.59 Å². The quantitative estimate of drug-likeness (QED) is 0.919. The van der Waals surface area contributed by atoms with Crippen LogP contribution in [0.15, 0.2) is 16.5 Å². The summed E-state index contributed by atoms with van der Waals surface area (Å²) in [6.45, 7) is 2.60. The predicted molar refractivity (Wildman–Crippen MR) is 84.9 cm³/mol. The van der Waals surface area contributed by atoms with Gasteiger partial charge in [0.15, 0.2) is 0 Å². The number of hydrogen-bond donors (Lipinski definition) is 1. The molecule has 1 aromatic rings. The van der Waals surface area contributed by atoms with Gasteiger partial charge < -0.3 is 14.4 Å². The second kappa shape index (κ2) is 6.38. The molecule has 2 fully saturated rings. The van der Waals surface area contributed by atoms with Crippen LogP contribution < -0.4 is 0 Å². The van der Waals surface area contributed by atoms with Crippen molar-refractivity contribution in [3.63, 3.8) is 0 Å². The van der Waals surface area contributed by atoms with Gasteiger partial charge in [0.05, 0.1) is 11.5 Å². The summed E-state index contributed by atoms with van der Waals surface area (Å²) >= 11 is 0. The van der Waals surface area contributed by atoms with Crippen molar-refractivity contribution in [3.8, 4) is 0 Å². The van der Waals surface area contributed by atoms with Gasteiger partial charge in [-0.15, -0.1) is 0 Å². The summed E-state index contributed by atoms with van der Waals surface area (Å²) in [5.74, 6) is 0.818. The van der Waals surface area contributed by atoms with Crippen LogP contribution in [0.5, 0.6) is 0 Å². The molecule has 1 aromatic heterocycles. The van der Waals surface area contributed by atoms with E-state index in [4.69, 9.17) is 4.42 Å². The molecular weight excluding hydrogens is 294 g/mol. The van der Waals surface area contributed by atoms with Gasteiger partial charge in [0.25, 0.3) is 0 Å². The molecule has 1 amide bonds. The lowest BCUT2D eigenvalue weighted by Gasteiger charge is -2.39. The number of aliphatic carboxylic acids is 1. The lowest BCUT2D eigenvalue weighted by Crippen LogP contribution is -2.44. The number of aryl methyl sites for hydroxylation is 1. The normalized spacial score (nSPS) is 23.9. The minimum Gasteiger partial charge on any atom is -0.481 e. The van der Waals surface area contributed by atoms with E-state index in [9.17, 15) is 14.7 Å². The molecule has 2 aliphatic rings. The Morgan fingerprint density at radius 3 is 2.61 bits per heavy atom. The Morgan fingerprint density at radius 1 is 1.26 bits per heavy atom. The fourth-order valence-corrected chi connectivity index (χ4v) is 3.80. The Hall–Kier alpha value is -1.78. The van der Waals surface area contributed by atoms with Gasteiger partial charge in [-0.3, -0.25) is 9.59 Å². The zero-order chi connectivity index (χ0) is 16.4. The predicted octanol–water partition coefficient (Wildman–Crippen LogP) is 3.68.